The van der Waals surface area contributed by atoms with Crippen LogP contribution in [0.15, 0.2) is 18.3 Å². The van der Waals surface area contributed by atoms with Crippen LogP contribution in [-0.2, 0) is 22.4 Å². The Kier molecular flexibility index (Phi) is 6.48. The number of fused-ring (bicyclic) bond motifs is 1. The monoisotopic (exact) mass is 443 g/mol. The number of aromatic nitrogens is 3. The van der Waals surface area contributed by atoms with Gasteiger partial charge in [-0.05, 0) is 66.9 Å². The van der Waals surface area contributed by atoms with E-state index >= 15 is 0 Å². The Balaban J connectivity index is 2.08. The lowest BCUT2D eigenvalue weighted by Crippen LogP contribution is -2.49. The van der Waals surface area contributed by atoms with E-state index in [9.17, 15) is 14.0 Å². The van der Waals surface area contributed by atoms with Crippen LogP contribution in [0.3, 0.4) is 0 Å². The minimum absolute atomic E-state index is 0.199. The summed E-state index contributed by atoms with van der Waals surface area (Å²) < 4.78 is 19.4. The third kappa shape index (κ3) is 5.99. The van der Waals surface area contributed by atoms with Gasteiger partial charge in [0.15, 0.2) is 5.82 Å². The molecule has 0 bridgehead atoms. The summed E-state index contributed by atoms with van der Waals surface area (Å²) >= 11 is 0. The molecule has 32 heavy (non-hydrogen) atoms. The van der Waals surface area contributed by atoms with Crippen molar-refractivity contribution < 1.29 is 18.7 Å². The van der Waals surface area contributed by atoms with Gasteiger partial charge in [0.1, 0.15) is 29.5 Å². The van der Waals surface area contributed by atoms with Crippen LogP contribution in [0, 0.1) is 5.82 Å². The first-order valence-corrected chi connectivity index (χ1v) is 10.7. The van der Waals surface area contributed by atoms with Crippen molar-refractivity contribution in [3.63, 3.8) is 0 Å². The maximum absolute atomic E-state index is 13.8. The fourth-order valence-electron chi connectivity index (χ4n) is 3.42. The quantitative estimate of drug-likeness (QED) is 0.772. The first kappa shape index (κ1) is 23.6. The van der Waals surface area contributed by atoms with Crippen molar-refractivity contribution in [3.8, 4) is 11.5 Å². The third-order valence-corrected chi connectivity index (χ3v) is 4.55. The number of amides is 2. The molecule has 0 spiro atoms. The van der Waals surface area contributed by atoms with Crippen LogP contribution in [0.2, 0.25) is 0 Å². The zero-order valence-corrected chi connectivity index (χ0v) is 19.5. The lowest BCUT2D eigenvalue weighted by Gasteiger charge is -2.29. The minimum atomic E-state index is -0.765. The average Bonchev–Trinajstić information content (AvgIpc) is 3.11. The van der Waals surface area contributed by atoms with Crippen molar-refractivity contribution in [3.05, 3.63) is 35.4 Å². The Bertz CT molecular complexity index is 1030. The van der Waals surface area contributed by atoms with Crippen LogP contribution >= 0.6 is 0 Å². The number of nitrogens with one attached hydrogen (secondary N) is 1. The molecule has 0 aliphatic heterocycles. The van der Waals surface area contributed by atoms with Crippen molar-refractivity contribution in [2.75, 3.05) is 11.4 Å². The first-order chi connectivity index (χ1) is 14.8. The van der Waals surface area contributed by atoms with Crippen molar-refractivity contribution >= 4 is 17.8 Å². The highest BCUT2D eigenvalue weighted by molar-refractivity contribution is 5.95. The summed E-state index contributed by atoms with van der Waals surface area (Å²) in [5, 5.41) is 2.86. The molecular weight excluding hydrogens is 413 g/mol. The maximum Gasteiger partial charge on any atom is 0.416 e. The zero-order chi connectivity index (χ0) is 23.7. The number of halogens is 1. The smallest absolute Gasteiger partial charge is 0.416 e. The van der Waals surface area contributed by atoms with Crippen LogP contribution in [0.1, 0.15) is 59.2 Å². The molecule has 0 atom stereocenters. The van der Waals surface area contributed by atoms with E-state index in [0.717, 1.165) is 17.7 Å². The summed E-state index contributed by atoms with van der Waals surface area (Å²) in [6.45, 7) is 10.6. The Hall–Kier alpha value is -3.10. The van der Waals surface area contributed by atoms with Gasteiger partial charge in [0.25, 0.3) is 0 Å². The molecule has 8 nitrogen and oxygen atoms in total. The second-order valence-corrected chi connectivity index (χ2v) is 9.87. The first-order valence-electron chi connectivity index (χ1n) is 10.7. The Labute approximate surface area is 187 Å². The fourth-order valence-corrected chi connectivity index (χ4v) is 3.42. The van der Waals surface area contributed by atoms with E-state index in [0.29, 0.717) is 18.7 Å². The number of aryl methyl sites for hydroxylation is 1. The van der Waals surface area contributed by atoms with Gasteiger partial charge < -0.3 is 10.1 Å². The highest BCUT2D eigenvalue weighted by atomic mass is 19.1. The second-order valence-electron chi connectivity index (χ2n) is 9.87. The molecule has 3 rings (SSSR count). The summed E-state index contributed by atoms with van der Waals surface area (Å²) in [6.07, 6.45) is 2.86. The highest BCUT2D eigenvalue weighted by Crippen LogP contribution is 2.32. The van der Waals surface area contributed by atoms with Gasteiger partial charge in [-0.2, -0.15) is 0 Å². The van der Waals surface area contributed by atoms with E-state index in [4.69, 9.17) is 4.74 Å². The SMILES string of the molecule is CC(C)(C)NC(=O)CN(C(=O)OC(C)(C)C)c1nc(-c2cc(F)ccn2)nc2c1CCC2. The van der Waals surface area contributed by atoms with E-state index < -0.39 is 23.1 Å². The van der Waals surface area contributed by atoms with Crippen molar-refractivity contribution in [2.24, 2.45) is 0 Å². The molecule has 0 aromatic carbocycles. The molecule has 2 aromatic rings. The molecule has 0 saturated heterocycles. The molecule has 0 fully saturated rings. The number of carbonyl (C=O) groups excluding carboxylic acids is 2. The predicted octanol–water partition coefficient (Wildman–Crippen LogP) is 3.82. The summed E-state index contributed by atoms with van der Waals surface area (Å²) in [5.41, 5.74) is 0.574. The standard InChI is InChI=1S/C23H30FN5O3/c1-22(2,3)28-18(30)13-29(21(31)32-23(4,5)6)20-15-8-7-9-16(15)26-19(27-20)17-12-14(24)10-11-25-17/h10-12H,7-9,13H2,1-6H3,(H,28,30). The number of rotatable bonds is 4. The topological polar surface area (TPSA) is 97.3 Å². The van der Waals surface area contributed by atoms with Crippen LogP contribution < -0.4 is 10.2 Å². The number of nitrogens with zero attached hydrogens (tertiary/aromatic N) is 4. The van der Waals surface area contributed by atoms with Crippen LogP contribution in [-0.4, -0.2) is 44.6 Å². The lowest BCUT2D eigenvalue weighted by atomic mass is 10.1. The molecular formula is C23H30FN5O3. The van der Waals surface area contributed by atoms with Gasteiger partial charge in [-0.3, -0.25) is 14.7 Å². The number of carbonyl (C=O) groups is 2. The predicted molar refractivity (Wildman–Crippen MR) is 119 cm³/mol. The highest BCUT2D eigenvalue weighted by Gasteiger charge is 2.32. The minimum Gasteiger partial charge on any atom is -0.443 e. The lowest BCUT2D eigenvalue weighted by molar-refractivity contribution is -0.121. The summed E-state index contributed by atoms with van der Waals surface area (Å²) in [4.78, 5) is 40.4. The summed E-state index contributed by atoms with van der Waals surface area (Å²) in [7, 11) is 0. The molecule has 0 saturated carbocycles. The van der Waals surface area contributed by atoms with E-state index in [1.165, 1.54) is 23.2 Å². The van der Waals surface area contributed by atoms with E-state index in [-0.39, 0.29) is 24.0 Å². The number of ether oxygens (including phenoxy) is 1. The number of pyridine rings is 1. The van der Waals surface area contributed by atoms with Gasteiger partial charge in [-0.1, -0.05) is 0 Å². The Morgan fingerprint density at radius 1 is 1.16 bits per heavy atom. The van der Waals surface area contributed by atoms with Crippen LogP contribution in [0.25, 0.3) is 11.5 Å². The van der Waals surface area contributed by atoms with Gasteiger partial charge >= 0.3 is 6.09 Å². The van der Waals surface area contributed by atoms with Crippen molar-refractivity contribution in [1.29, 1.82) is 0 Å². The van der Waals surface area contributed by atoms with E-state index in [1.807, 2.05) is 20.8 Å². The molecule has 2 heterocycles. The van der Waals surface area contributed by atoms with Gasteiger partial charge in [0, 0.05) is 29.1 Å². The number of hydrogen-bond acceptors (Lipinski definition) is 6. The van der Waals surface area contributed by atoms with Gasteiger partial charge in [0.05, 0.1) is 0 Å². The van der Waals surface area contributed by atoms with Crippen molar-refractivity contribution in [1.82, 2.24) is 20.3 Å². The van der Waals surface area contributed by atoms with E-state index in [1.54, 1.807) is 20.8 Å². The van der Waals surface area contributed by atoms with Gasteiger partial charge in [0.2, 0.25) is 5.91 Å². The molecule has 2 amide bonds. The van der Waals surface area contributed by atoms with Gasteiger partial charge in [-0.25, -0.2) is 19.2 Å². The average molecular weight is 444 g/mol. The van der Waals surface area contributed by atoms with E-state index in [2.05, 4.69) is 20.3 Å². The largest absolute Gasteiger partial charge is 0.443 e. The Morgan fingerprint density at radius 2 is 1.88 bits per heavy atom. The normalized spacial score (nSPS) is 13.5. The molecule has 1 aliphatic rings. The maximum atomic E-state index is 13.8. The second kappa shape index (κ2) is 8.80. The molecule has 2 aromatic heterocycles. The number of anilines is 1. The Morgan fingerprint density at radius 3 is 2.50 bits per heavy atom. The van der Waals surface area contributed by atoms with Gasteiger partial charge in [-0.15, -0.1) is 0 Å². The summed E-state index contributed by atoms with van der Waals surface area (Å²) in [5.74, 6) is -0.315. The molecule has 172 valence electrons. The molecule has 1 aliphatic carbocycles. The molecule has 9 heteroatoms. The molecule has 0 radical (unpaired) electrons. The molecule has 1 N–H and O–H groups in total. The third-order valence-electron chi connectivity index (χ3n) is 4.55. The zero-order valence-electron chi connectivity index (χ0n) is 19.5. The summed E-state index contributed by atoms with van der Waals surface area (Å²) in [6, 6.07) is 2.48. The van der Waals surface area contributed by atoms with Crippen LogP contribution in [0.4, 0.5) is 15.0 Å². The van der Waals surface area contributed by atoms with Crippen LogP contribution in [0.5, 0.6) is 0 Å². The van der Waals surface area contributed by atoms with Crippen molar-refractivity contribution in [2.45, 2.75) is 71.9 Å². The molecule has 0 unspecified atom stereocenters. The number of hydrogen-bond donors (Lipinski definition) is 1. The fraction of sp³-hybridized carbons (Fsp3) is 0.522.